The average molecular weight is 354 g/mol. The van der Waals surface area contributed by atoms with Crippen LogP contribution in [0, 0.1) is 6.92 Å². The summed E-state index contributed by atoms with van der Waals surface area (Å²) in [6.07, 6.45) is 1.42. The lowest BCUT2D eigenvalue weighted by atomic mass is 10.1. The van der Waals surface area contributed by atoms with Crippen molar-refractivity contribution in [1.82, 2.24) is 14.5 Å². The molecule has 0 bridgehead atoms. The van der Waals surface area contributed by atoms with Crippen molar-refractivity contribution in [3.05, 3.63) is 58.3 Å². The number of carbonyl (C=O) groups excluding carboxylic acids is 2. The van der Waals surface area contributed by atoms with Gasteiger partial charge in [0, 0.05) is 49.2 Å². The van der Waals surface area contributed by atoms with E-state index < -0.39 is 0 Å². The van der Waals surface area contributed by atoms with E-state index >= 15 is 0 Å². The van der Waals surface area contributed by atoms with Crippen LogP contribution >= 0.6 is 0 Å². The molecule has 26 heavy (non-hydrogen) atoms. The van der Waals surface area contributed by atoms with Crippen molar-refractivity contribution in [2.45, 2.75) is 20.4 Å². The molecule has 1 fully saturated rings. The lowest BCUT2D eigenvalue weighted by Gasteiger charge is -2.36. The second-order valence-corrected chi connectivity index (χ2v) is 6.47. The summed E-state index contributed by atoms with van der Waals surface area (Å²) in [6, 6.07) is 8.95. The van der Waals surface area contributed by atoms with Gasteiger partial charge in [-0.1, -0.05) is 0 Å². The van der Waals surface area contributed by atoms with Gasteiger partial charge in [0.2, 0.25) is 5.91 Å². The molecule has 7 heteroatoms. The third-order valence-electron chi connectivity index (χ3n) is 4.59. The van der Waals surface area contributed by atoms with E-state index in [1.54, 1.807) is 18.7 Å². The first-order valence-corrected chi connectivity index (χ1v) is 8.61. The molecule has 2 heterocycles. The quantitative estimate of drug-likeness (QED) is 0.769. The number of hydrogen-bond donors (Lipinski definition) is 0. The smallest absolute Gasteiger partial charge is 0.253 e. The minimum absolute atomic E-state index is 0.0133. The van der Waals surface area contributed by atoms with Crippen LogP contribution in [-0.2, 0) is 11.3 Å². The van der Waals surface area contributed by atoms with E-state index in [2.05, 4.69) is 9.88 Å². The third-order valence-corrected chi connectivity index (χ3v) is 4.59. The van der Waals surface area contributed by atoms with E-state index in [0.717, 1.165) is 5.69 Å². The Kier molecular flexibility index (Phi) is 5.16. The Morgan fingerprint density at radius 1 is 1.08 bits per heavy atom. The number of rotatable bonds is 4. The van der Waals surface area contributed by atoms with Crippen LogP contribution in [0.3, 0.4) is 0 Å². The van der Waals surface area contributed by atoms with Gasteiger partial charge >= 0.3 is 0 Å². The van der Waals surface area contributed by atoms with Crippen molar-refractivity contribution in [2.24, 2.45) is 0 Å². The summed E-state index contributed by atoms with van der Waals surface area (Å²) < 4.78 is 1.34. The van der Waals surface area contributed by atoms with Crippen LogP contribution in [0.4, 0.5) is 5.69 Å². The van der Waals surface area contributed by atoms with Gasteiger partial charge in [0.1, 0.15) is 6.54 Å². The highest BCUT2D eigenvalue weighted by Gasteiger charge is 2.21. The number of amides is 1. The zero-order chi connectivity index (χ0) is 18.7. The second-order valence-electron chi connectivity index (χ2n) is 6.47. The molecule has 0 radical (unpaired) electrons. The van der Waals surface area contributed by atoms with Crippen LogP contribution in [-0.4, -0.2) is 52.3 Å². The molecule has 1 aromatic heterocycles. The number of piperazine rings is 1. The van der Waals surface area contributed by atoms with Gasteiger partial charge in [0.25, 0.3) is 5.56 Å². The highest BCUT2D eigenvalue weighted by molar-refractivity contribution is 5.94. The fraction of sp³-hybridized carbons (Fsp3) is 0.368. The number of anilines is 1. The van der Waals surface area contributed by atoms with E-state index in [9.17, 15) is 14.4 Å². The van der Waals surface area contributed by atoms with Crippen molar-refractivity contribution >= 4 is 17.4 Å². The maximum atomic E-state index is 12.4. The Balaban J connectivity index is 1.58. The van der Waals surface area contributed by atoms with Crippen molar-refractivity contribution in [3.63, 3.8) is 0 Å². The Labute approximate surface area is 151 Å². The standard InChI is InChI=1S/C19H22N4O3/c1-14-11-18(25)23(13-20-14)12-19(26)22-9-7-21(8-10-22)17-5-3-16(4-6-17)15(2)24/h3-6,11,13H,7-10,12H2,1-2H3. The number of benzene rings is 1. The van der Waals surface area contributed by atoms with Gasteiger partial charge < -0.3 is 9.80 Å². The molecule has 1 aromatic carbocycles. The first-order chi connectivity index (χ1) is 12.4. The molecule has 3 rings (SSSR count). The maximum absolute atomic E-state index is 12.4. The van der Waals surface area contributed by atoms with Crippen molar-refractivity contribution in [3.8, 4) is 0 Å². The fourth-order valence-corrected chi connectivity index (χ4v) is 3.00. The molecular formula is C19H22N4O3. The van der Waals surface area contributed by atoms with Gasteiger partial charge in [-0.3, -0.25) is 19.0 Å². The average Bonchev–Trinajstić information content (AvgIpc) is 2.64. The molecule has 0 unspecified atom stereocenters. The summed E-state index contributed by atoms with van der Waals surface area (Å²) in [5, 5.41) is 0. The predicted molar refractivity (Wildman–Crippen MR) is 98.5 cm³/mol. The summed E-state index contributed by atoms with van der Waals surface area (Å²) in [4.78, 5) is 43.7. The molecule has 1 aliphatic heterocycles. The van der Waals surface area contributed by atoms with Gasteiger partial charge in [0.05, 0.1) is 6.33 Å². The number of nitrogens with zero attached hydrogens (tertiary/aromatic N) is 4. The first kappa shape index (κ1) is 17.8. The summed E-state index contributed by atoms with van der Waals surface area (Å²) in [5.74, 6) is -0.0304. The molecule has 7 nitrogen and oxygen atoms in total. The molecule has 2 aromatic rings. The molecular weight excluding hydrogens is 332 g/mol. The molecule has 136 valence electrons. The molecule has 0 N–H and O–H groups in total. The Hall–Kier alpha value is -2.96. The second kappa shape index (κ2) is 7.51. The van der Waals surface area contributed by atoms with Crippen LogP contribution in [0.2, 0.25) is 0 Å². The molecule has 0 saturated carbocycles. The molecule has 1 saturated heterocycles. The van der Waals surface area contributed by atoms with Crippen LogP contribution < -0.4 is 10.5 Å². The number of hydrogen-bond acceptors (Lipinski definition) is 5. The van der Waals surface area contributed by atoms with Crippen LogP contribution in [0.5, 0.6) is 0 Å². The monoisotopic (exact) mass is 354 g/mol. The van der Waals surface area contributed by atoms with Crippen molar-refractivity contribution in [2.75, 3.05) is 31.1 Å². The number of carbonyl (C=O) groups is 2. The van der Waals surface area contributed by atoms with Gasteiger partial charge in [-0.25, -0.2) is 4.98 Å². The van der Waals surface area contributed by atoms with Crippen molar-refractivity contribution < 1.29 is 9.59 Å². The minimum Gasteiger partial charge on any atom is -0.368 e. The van der Waals surface area contributed by atoms with E-state index in [1.165, 1.54) is 17.0 Å². The highest BCUT2D eigenvalue weighted by atomic mass is 16.2. The predicted octanol–water partition coefficient (Wildman–Crippen LogP) is 1.10. The van der Waals surface area contributed by atoms with E-state index in [0.29, 0.717) is 37.4 Å². The Bertz CT molecular complexity index is 865. The largest absolute Gasteiger partial charge is 0.368 e. The lowest BCUT2D eigenvalue weighted by molar-refractivity contribution is -0.132. The Morgan fingerprint density at radius 2 is 1.73 bits per heavy atom. The summed E-state index contributed by atoms with van der Waals surface area (Å²) >= 11 is 0. The van der Waals surface area contributed by atoms with Crippen molar-refractivity contribution in [1.29, 1.82) is 0 Å². The maximum Gasteiger partial charge on any atom is 0.253 e. The lowest BCUT2D eigenvalue weighted by Crippen LogP contribution is -2.50. The van der Waals surface area contributed by atoms with Crippen LogP contribution in [0.25, 0.3) is 0 Å². The van der Waals surface area contributed by atoms with E-state index in [1.807, 2.05) is 24.3 Å². The summed E-state index contributed by atoms with van der Waals surface area (Å²) in [7, 11) is 0. The SMILES string of the molecule is CC(=O)c1ccc(N2CCN(C(=O)Cn3cnc(C)cc3=O)CC2)cc1. The molecule has 0 spiro atoms. The Morgan fingerprint density at radius 3 is 2.31 bits per heavy atom. The summed E-state index contributed by atoms with van der Waals surface area (Å²) in [6.45, 7) is 5.94. The summed E-state index contributed by atoms with van der Waals surface area (Å²) in [5.41, 5.74) is 2.17. The highest BCUT2D eigenvalue weighted by Crippen LogP contribution is 2.17. The van der Waals surface area contributed by atoms with Gasteiger partial charge in [-0.05, 0) is 38.1 Å². The number of Topliss-reactive ketones (excluding diaryl/α,β-unsaturated/α-hetero) is 1. The molecule has 0 aliphatic carbocycles. The zero-order valence-corrected chi connectivity index (χ0v) is 15.0. The number of aromatic nitrogens is 2. The minimum atomic E-state index is -0.213. The van der Waals surface area contributed by atoms with E-state index in [-0.39, 0.29) is 23.8 Å². The molecule has 1 amide bonds. The number of aryl methyl sites for hydroxylation is 1. The number of ketones is 1. The zero-order valence-electron chi connectivity index (χ0n) is 15.0. The normalized spacial score (nSPS) is 14.4. The van der Waals surface area contributed by atoms with E-state index in [4.69, 9.17) is 0 Å². The van der Waals surface area contributed by atoms with Gasteiger partial charge in [-0.2, -0.15) is 0 Å². The van der Waals surface area contributed by atoms with Crippen LogP contribution in [0.15, 0.2) is 41.5 Å². The third kappa shape index (κ3) is 3.99. The first-order valence-electron chi connectivity index (χ1n) is 8.61. The van der Waals surface area contributed by atoms with Crippen LogP contribution in [0.1, 0.15) is 23.0 Å². The fourth-order valence-electron chi connectivity index (χ4n) is 3.00. The van der Waals surface area contributed by atoms with Gasteiger partial charge in [-0.15, -0.1) is 0 Å². The molecule has 1 aliphatic rings. The van der Waals surface area contributed by atoms with Gasteiger partial charge in [0.15, 0.2) is 5.78 Å². The topological polar surface area (TPSA) is 75.5 Å². The molecule has 0 atom stereocenters.